The Morgan fingerprint density at radius 1 is 0.824 bits per heavy atom. The topological polar surface area (TPSA) is 46.5 Å². The molecular formula is C13H9NO2S. The van der Waals surface area contributed by atoms with E-state index >= 15 is 0 Å². The Bertz CT molecular complexity index is 703. The predicted octanol–water partition coefficient (Wildman–Crippen LogP) is 2.55. The average Bonchev–Trinajstić information content (AvgIpc) is 2.63. The van der Waals surface area contributed by atoms with E-state index in [0.29, 0.717) is 16.1 Å². The molecule has 1 heterocycles. The van der Waals surface area contributed by atoms with Crippen LogP contribution in [0.3, 0.4) is 0 Å². The quantitative estimate of drug-likeness (QED) is 0.772. The second kappa shape index (κ2) is 3.53. The standard InChI is InChI=1S/C13H9NO2S/c15-17(16)12-9-5-4-8-11(12)14-13(17)10-6-2-1-3-7-10/h1-9H. The van der Waals surface area contributed by atoms with Crippen LogP contribution in [0.5, 0.6) is 0 Å². The zero-order chi connectivity index (χ0) is 11.9. The summed E-state index contributed by atoms with van der Waals surface area (Å²) in [7, 11) is -3.45. The Morgan fingerprint density at radius 3 is 2.18 bits per heavy atom. The Kier molecular flexibility index (Phi) is 2.12. The third-order valence-electron chi connectivity index (χ3n) is 2.65. The van der Waals surface area contributed by atoms with Gasteiger partial charge in [-0.25, -0.2) is 13.4 Å². The van der Waals surface area contributed by atoms with Crippen LogP contribution in [0.15, 0.2) is 64.5 Å². The van der Waals surface area contributed by atoms with E-state index < -0.39 is 9.84 Å². The van der Waals surface area contributed by atoms with Gasteiger partial charge < -0.3 is 0 Å². The van der Waals surface area contributed by atoms with Crippen molar-refractivity contribution in [2.75, 3.05) is 0 Å². The van der Waals surface area contributed by atoms with Gasteiger partial charge in [0, 0.05) is 5.56 Å². The monoisotopic (exact) mass is 243 g/mol. The molecule has 4 heteroatoms. The molecule has 0 saturated heterocycles. The summed E-state index contributed by atoms with van der Waals surface area (Å²) < 4.78 is 24.5. The molecule has 0 radical (unpaired) electrons. The molecule has 3 rings (SSSR count). The molecule has 0 N–H and O–H groups in total. The van der Waals surface area contributed by atoms with E-state index in [-0.39, 0.29) is 5.04 Å². The minimum atomic E-state index is -3.45. The summed E-state index contributed by atoms with van der Waals surface area (Å²) in [5, 5.41) is 0.138. The zero-order valence-corrected chi connectivity index (χ0v) is 9.68. The van der Waals surface area contributed by atoms with Crippen LogP contribution in [0.2, 0.25) is 0 Å². The minimum Gasteiger partial charge on any atom is -0.234 e. The maximum atomic E-state index is 12.3. The summed E-state index contributed by atoms with van der Waals surface area (Å²) in [5.74, 6) is 0. The molecule has 1 aliphatic heterocycles. The summed E-state index contributed by atoms with van der Waals surface area (Å²) in [6, 6.07) is 15.7. The van der Waals surface area contributed by atoms with Crippen molar-refractivity contribution in [2.45, 2.75) is 4.90 Å². The van der Waals surface area contributed by atoms with Crippen LogP contribution in [-0.2, 0) is 9.84 Å². The van der Waals surface area contributed by atoms with Crippen LogP contribution in [-0.4, -0.2) is 13.5 Å². The third kappa shape index (κ3) is 1.49. The fraction of sp³-hybridized carbons (Fsp3) is 0. The van der Waals surface area contributed by atoms with Gasteiger partial charge in [0.25, 0.3) is 0 Å². The maximum Gasteiger partial charge on any atom is 0.226 e. The van der Waals surface area contributed by atoms with Gasteiger partial charge in [0.2, 0.25) is 9.84 Å². The molecule has 0 atom stereocenters. The summed E-state index contributed by atoms with van der Waals surface area (Å²) in [4.78, 5) is 4.49. The number of nitrogens with zero attached hydrogens (tertiary/aromatic N) is 1. The first kappa shape index (κ1) is 10.2. The highest BCUT2D eigenvalue weighted by molar-refractivity contribution is 8.07. The summed E-state index contributed by atoms with van der Waals surface area (Å²) in [6.45, 7) is 0. The molecule has 0 fully saturated rings. The molecule has 17 heavy (non-hydrogen) atoms. The van der Waals surface area contributed by atoms with Crippen molar-refractivity contribution in [1.29, 1.82) is 0 Å². The van der Waals surface area contributed by atoms with Crippen molar-refractivity contribution in [3.8, 4) is 0 Å². The Balaban J connectivity index is 2.25. The molecular weight excluding hydrogens is 234 g/mol. The van der Waals surface area contributed by atoms with Crippen molar-refractivity contribution in [3.63, 3.8) is 0 Å². The van der Waals surface area contributed by atoms with Gasteiger partial charge in [-0.1, -0.05) is 42.5 Å². The number of benzene rings is 2. The van der Waals surface area contributed by atoms with Crippen LogP contribution in [0.1, 0.15) is 5.56 Å². The highest BCUT2D eigenvalue weighted by Crippen LogP contribution is 2.34. The number of rotatable bonds is 1. The SMILES string of the molecule is O=S1(=O)C(c2ccccc2)=Nc2ccccc21. The lowest BCUT2D eigenvalue weighted by Crippen LogP contribution is -2.11. The average molecular weight is 243 g/mol. The van der Waals surface area contributed by atoms with Crippen LogP contribution in [0.4, 0.5) is 5.69 Å². The Morgan fingerprint density at radius 2 is 1.47 bits per heavy atom. The van der Waals surface area contributed by atoms with E-state index in [4.69, 9.17) is 0 Å². The maximum absolute atomic E-state index is 12.3. The highest BCUT2D eigenvalue weighted by atomic mass is 32.2. The molecule has 0 unspecified atom stereocenters. The Hall–Kier alpha value is -1.94. The van der Waals surface area contributed by atoms with Crippen molar-refractivity contribution < 1.29 is 8.42 Å². The van der Waals surface area contributed by atoms with Gasteiger partial charge in [-0.05, 0) is 12.1 Å². The molecule has 0 aliphatic carbocycles. The molecule has 3 nitrogen and oxygen atoms in total. The number of fused-ring (bicyclic) bond motifs is 1. The molecule has 0 saturated carbocycles. The first-order chi connectivity index (χ1) is 8.19. The molecule has 2 aromatic carbocycles. The fourth-order valence-corrected chi connectivity index (χ4v) is 3.37. The van der Waals surface area contributed by atoms with Crippen LogP contribution in [0, 0.1) is 0 Å². The lowest BCUT2D eigenvalue weighted by Gasteiger charge is -2.00. The van der Waals surface area contributed by atoms with Gasteiger partial charge in [-0.15, -0.1) is 0 Å². The number of aliphatic imine (C=N–C) groups is 1. The second-order valence-corrected chi connectivity index (χ2v) is 5.59. The van der Waals surface area contributed by atoms with Gasteiger partial charge in [-0.2, -0.15) is 0 Å². The van der Waals surface area contributed by atoms with E-state index in [9.17, 15) is 8.42 Å². The predicted molar refractivity (Wildman–Crippen MR) is 66.3 cm³/mol. The summed E-state index contributed by atoms with van der Waals surface area (Å²) >= 11 is 0. The van der Waals surface area contributed by atoms with Gasteiger partial charge in [-0.3, -0.25) is 0 Å². The zero-order valence-electron chi connectivity index (χ0n) is 8.87. The van der Waals surface area contributed by atoms with E-state index in [2.05, 4.69) is 4.99 Å². The fourth-order valence-electron chi connectivity index (χ4n) is 1.85. The molecule has 84 valence electrons. The van der Waals surface area contributed by atoms with Crippen LogP contribution in [0.25, 0.3) is 0 Å². The molecule has 0 spiro atoms. The number of hydrogen-bond donors (Lipinski definition) is 0. The summed E-state index contributed by atoms with van der Waals surface area (Å²) in [5.41, 5.74) is 1.15. The van der Waals surface area contributed by atoms with Crippen molar-refractivity contribution >= 4 is 20.6 Å². The van der Waals surface area contributed by atoms with Gasteiger partial charge in [0.15, 0.2) is 5.04 Å². The number of hydrogen-bond acceptors (Lipinski definition) is 3. The van der Waals surface area contributed by atoms with Gasteiger partial charge in [0.05, 0.1) is 10.6 Å². The largest absolute Gasteiger partial charge is 0.234 e. The van der Waals surface area contributed by atoms with E-state index in [0.717, 1.165) is 0 Å². The lowest BCUT2D eigenvalue weighted by molar-refractivity contribution is 0.608. The Labute approximate surface area is 99.4 Å². The van der Waals surface area contributed by atoms with Crippen molar-refractivity contribution in [1.82, 2.24) is 0 Å². The minimum absolute atomic E-state index is 0.138. The molecule has 0 aromatic heterocycles. The van der Waals surface area contributed by atoms with Crippen LogP contribution < -0.4 is 0 Å². The first-order valence-corrected chi connectivity index (χ1v) is 6.66. The molecule has 2 aromatic rings. The van der Waals surface area contributed by atoms with Gasteiger partial charge >= 0.3 is 0 Å². The van der Waals surface area contributed by atoms with Crippen molar-refractivity contribution in [3.05, 3.63) is 60.2 Å². The van der Waals surface area contributed by atoms with E-state index in [1.54, 1.807) is 48.5 Å². The lowest BCUT2D eigenvalue weighted by atomic mass is 10.2. The second-order valence-electron chi connectivity index (χ2n) is 3.75. The molecule has 0 bridgehead atoms. The molecule has 0 amide bonds. The number of sulfone groups is 1. The van der Waals surface area contributed by atoms with Crippen LogP contribution >= 0.6 is 0 Å². The summed E-state index contributed by atoms with van der Waals surface area (Å²) in [6.07, 6.45) is 0. The first-order valence-electron chi connectivity index (χ1n) is 5.18. The smallest absolute Gasteiger partial charge is 0.226 e. The van der Waals surface area contributed by atoms with E-state index in [1.165, 1.54) is 0 Å². The highest BCUT2D eigenvalue weighted by Gasteiger charge is 2.31. The molecule has 1 aliphatic rings. The van der Waals surface area contributed by atoms with E-state index in [1.807, 2.05) is 6.07 Å². The van der Waals surface area contributed by atoms with Gasteiger partial charge in [0.1, 0.15) is 0 Å². The normalized spacial score (nSPS) is 16.4. The number of para-hydroxylation sites is 1. The van der Waals surface area contributed by atoms with Crippen molar-refractivity contribution in [2.24, 2.45) is 4.99 Å². The third-order valence-corrected chi connectivity index (χ3v) is 4.41.